The maximum Gasteiger partial charge on any atom is 0.136 e. The van der Waals surface area contributed by atoms with Gasteiger partial charge in [0.05, 0.1) is 0 Å². The van der Waals surface area contributed by atoms with E-state index < -0.39 is 6.10 Å². The van der Waals surface area contributed by atoms with Gasteiger partial charge in [-0.25, -0.2) is 4.98 Å². The van der Waals surface area contributed by atoms with E-state index in [0.29, 0.717) is 12.4 Å². The van der Waals surface area contributed by atoms with Crippen molar-refractivity contribution in [1.29, 1.82) is 0 Å². The Morgan fingerprint density at radius 1 is 1.82 bits per heavy atom. The van der Waals surface area contributed by atoms with E-state index in [-0.39, 0.29) is 0 Å². The van der Waals surface area contributed by atoms with Gasteiger partial charge in [-0.15, -0.1) is 0 Å². The van der Waals surface area contributed by atoms with E-state index in [1.807, 2.05) is 6.92 Å². The summed E-state index contributed by atoms with van der Waals surface area (Å²) in [4.78, 5) is 6.95. The highest BCUT2D eigenvalue weighted by Crippen LogP contribution is 2.05. The second-order valence-corrected chi connectivity index (χ2v) is 2.52. The van der Waals surface area contributed by atoms with E-state index in [9.17, 15) is 5.11 Å². The lowest BCUT2D eigenvalue weighted by Crippen LogP contribution is -2.17. The van der Waals surface area contributed by atoms with Crippen LogP contribution in [0.1, 0.15) is 17.6 Å². The topological polar surface area (TPSA) is 60.9 Å². The molecule has 1 aromatic rings. The lowest BCUT2D eigenvalue weighted by Gasteiger charge is -2.05. The summed E-state index contributed by atoms with van der Waals surface area (Å²) in [5, 5.41) is 12.2. The number of H-pyrrole nitrogens is 1. The van der Waals surface area contributed by atoms with Gasteiger partial charge in [0, 0.05) is 18.4 Å². The number of imidazole rings is 1. The Balaban J connectivity index is 2.60. The highest BCUT2D eigenvalue weighted by atomic mass is 16.3. The molecule has 0 spiro atoms. The molecule has 0 radical (unpaired) electrons. The summed E-state index contributed by atoms with van der Waals surface area (Å²) in [6, 6.07) is 0. The smallest absolute Gasteiger partial charge is 0.136 e. The molecule has 0 saturated heterocycles. The third-order valence-electron chi connectivity index (χ3n) is 1.44. The molecular weight excluding hydrogens is 142 g/mol. The SMILES string of the molecule is CNCC(O)c1ncc(C)[nH]1. The molecule has 3 N–H and O–H groups in total. The van der Waals surface area contributed by atoms with Crippen LogP contribution in [0, 0.1) is 6.92 Å². The molecule has 0 aliphatic carbocycles. The van der Waals surface area contributed by atoms with Crippen molar-refractivity contribution >= 4 is 0 Å². The number of rotatable bonds is 3. The van der Waals surface area contributed by atoms with E-state index in [1.54, 1.807) is 13.2 Å². The lowest BCUT2D eigenvalue weighted by molar-refractivity contribution is 0.169. The van der Waals surface area contributed by atoms with Gasteiger partial charge in [-0.1, -0.05) is 0 Å². The van der Waals surface area contributed by atoms with Crippen molar-refractivity contribution in [3.05, 3.63) is 17.7 Å². The predicted molar refractivity (Wildman–Crippen MR) is 42.2 cm³/mol. The van der Waals surface area contributed by atoms with E-state index in [0.717, 1.165) is 5.69 Å². The molecule has 0 aromatic carbocycles. The maximum atomic E-state index is 9.38. The fourth-order valence-electron chi connectivity index (χ4n) is 0.892. The highest BCUT2D eigenvalue weighted by Gasteiger charge is 2.08. The summed E-state index contributed by atoms with van der Waals surface area (Å²) in [6.45, 7) is 2.43. The molecular formula is C7H13N3O. The van der Waals surface area contributed by atoms with Crippen LogP contribution >= 0.6 is 0 Å². The van der Waals surface area contributed by atoms with Crippen LogP contribution in [0.4, 0.5) is 0 Å². The van der Waals surface area contributed by atoms with Gasteiger partial charge < -0.3 is 15.4 Å². The largest absolute Gasteiger partial charge is 0.384 e. The van der Waals surface area contributed by atoms with E-state index in [4.69, 9.17) is 0 Å². The molecule has 0 aliphatic heterocycles. The number of aryl methyl sites for hydroxylation is 1. The number of nitrogens with one attached hydrogen (secondary N) is 2. The zero-order valence-corrected chi connectivity index (χ0v) is 6.76. The first-order valence-corrected chi connectivity index (χ1v) is 3.58. The van der Waals surface area contributed by atoms with Crippen molar-refractivity contribution in [2.45, 2.75) is 13.0 Å². The van der Waals surface area contributed by atoms with Gasteiger partial charge >= 0.3 is 0 Å². The van der Waals surface area contributed by atoms with Gasteiger partial charge in [0.2, 0.25) is 0 Å². The Morgan fingerprint density at radius 3 is 3.00 bits per heavy atom. The van der Waals surface area contributed by atoms with Crippen molar-refractivity contribution < 1.29 is 5.11 Å². The summed E-state index contributed by atoms with van der Waals surface area (Å²) in [5.41, 5.74) is 0.968. The van der Waals surface area contributed by atoms with Crippen molar-refractivity contribution in [3.63, 3.8) is 0 Å². The molecule has 4 nitrogen and oxygen atoms in total. The van der Waals surface area contributed by atoms with Crippen LogP contribution in [-0.4, -0.2) is 28.7 Å². The number of hydrogen-bond donors (Lipinski definition) is 3. The molecule has 1 aromatic heterocycles. The summed E-state index contributed by atoms with van der Waals surface area (Å²) >= 11 is 0. The number of hydrogen-bond acceptors (Lipinski definition) is 3. The number of aromatic amines is 1. The zero-order valence-electron chi connectivity index (χ0n) is 6.76. The summed E-state index contributed by atoms with van der Waals surface area (Å²) in [6.07, 6.45) is 1.17. The van der Waals surface area contributed by atoms with Crippen molar-refractivity contribution in [2.24, 2.45) is 0 Å². The predicted octanol–water partition coefficient (Wildman–Crippen LogP) is -0.0291. The Bertz CT molecular complexity index is 221. The molecule has 0 bridgehead atoms. The molecule has 11 heavy (non-hydrogen) atoms. The van der Waals surface area contributed by atoms with Crippen molar-refractivity contribution in [1.82, 2.24) is 15.3 Å². The Morgan fingerprint density at radius 2 is 2.55 bits per heavy atom. The standard InChI is InChI=1S/C7H13N3O/c1-5-3-9-7(10-5)6(11)4-8-2/h3,6,8,11H,4H2,1-2H3,(H,9,10). The van der Waals surface area contributed by atoms with Gasteiger partial charge in [-0.3, -0.25) is 0 Å². The minimum atomic E-state index is -0.534. The van der Waals surface area contributed by atoms with Crippen LogP contribution < -0.4 is 5.32 Å². The Labute approximate surface area is 65.7 Å². The van der Waals surface area contributed by atoms with Gasteiger partial charge in [0.15, 0.2) is 0 Å². The third-order valence-corrected chi connectivity index (χ3v) is 1.44. The second-order valence-electron chi connectivity index (χ2n) is 2.52. The zero-order chi connectivity index (χ0) is 8.27. The number of aromatic nitrogens is 2. The number of aliphatic hydroxyl groups is 1. The third kappa shape index (κ3) is 2.03. The van der Waals surface area contributed by atoms with Gasteiger partial charge in [-0.05, 0) is 14.0 Å². The molecule has 62 valence electrons. The average molecular weight is 155 g/mol. The molecule has 0 amide bonds. The first-order valence-electron chi connectivity index (χ1n) is 3.58. The van der Waals surface area contributed by atoms with Crippen molar-refractivity contribution in [3.8, 4) is 0 Å². The second kappa shape index (κ2) is 3.50. The number of nitrogens with zero attached hydrogens (tertiary/aromatic N) is 1. The lowest BCUT2D eigenvalue weighted by atomic mass is 10.3. The minimum Gasteiger partial charge on any atom is -0.384 e. The molecule has 0 saturated carbocycles. The van der Waals surface area contributed by atoms with Crippen molar-refractivity contribution in [2.75, 3.05) is 13.6 Å². The fourth-order valence-corrected chi connectivity index (χ4v) is 0.892. The van der Waals surface area contributed by atoms with Crippen LogP contribution in [0.15, 0.2) is 6.20 Å². The normalized spacial score (nSPS) is 13.4. The molecule has 1 heterocycles. The average Bonchev–Trinajstić information content (AvgIpc) is 2.36. The molecule has 1 unspecified atom stereocenters. The Hall–Kier alpha value is -0.870. The van der Waals surface area contributed by atoms with Gasteiger partial charge in [0.25, 0.3) is 0 Å². The first kappa shape index (κ1) is 8.23. The first-order chi connectivity index (χ1) is 5.24. The molecule has 1 rings (SSSR count). The van der Waals surface area contributed by atoms with Crippen LogP contribution in [-0.2, 0) is 0 Å². The fraction of sp³-hybridized carbons (Fsp3) is 0.571. The summed E-state index contributed by atoms with van der Waals surface area (Å²) in [7, 11) is 1.79. The number of likely N-dealkylation sites (N-methyl/N-ethyl adjacent to an activating group) is 1. The van der Waals surface area contributed by atoms with E-state index in [2.05, 4.69) is 15.3 Å². The van der Waals surface area contributed by atoms with E-state index >= 15 is 0 Å². The van der Waals surface area contributed by atoms with Crippen LogP contribution in [0.25, 0.3) is 0 Å². The van der Waals surface area contributed by atoms with Crippen LogP contribution in [0.3, 0.4) is 0 Å². The molecule has 1 atom stereocenters. The molecule has 4 heteroatoms. The monoisotopic (exact) mass is 155 g/mol. The number of aliphatic hydroxyl groups excluding tert-OH is 1. The molecule has 0 fully saturated rings. The van der Waals surface area contributed by atoms with Crippen LogP contribution in [0.5, 0.6) is 0 Å². The quantitative estimate of drug-likeness (QED) is 0.574. The van der Waals surface area contributed by atoms with Gasteiger partial charge in [0.1, 0.15) is 11.9 Å². The van der Waals surface area contributed by atoms with Gasteiger partial charge in [-0.2, -0.15) is 0 Å². The minimum absolute atomic E-state index is 0.521. The maximum absolute atomic E-state index is 9.38. The highest BCUT2D eigenvalue weighted by molar-refractivity contribution is 5.01. The molecule has 0 aliphatic rings. The Kier molecular flexibility index (Phi) is 2.62. The van der Waals surface area contributed by atoms with Crippen LogP contribution in [0.2, 0.25) is 0 Å². The summed E-state index contributed by atoms with van der Waals surface area (Å²) < 4.78 is 0. The van der Waals surface area contributed by atoms with E-state index in [1.165, 1.54) is 0 Å². The summed E-state index contributed by atoms with van der Waals surface area (Å²) in [5.74, 6) is 0.622.